The van der Waals surface area contributed by atoms with Gasteiger partial charge in [-0.1, -0.05) is 19.1 Å². The third-order valence-electron chi connectivity index (χ3n) is 2.56. The summed E-state index contributed by atoms with van der Waals surface area (Å²) in [5, 5.41) is 0. The Bertz CT molecular complexity index is 472. The van der Waals surface area contributed by atoms with Crippen molar-refractivity contribution in [1.29, 1.82) is 0 Å². The number of rotatable bonds is 4. The SMILES string of the molecule is CCC(=CN(C)C)C(=O)c1ccc(C(F)(F)F)cc1. The second-order valence-corrected chi connectivity index (χ2v) is 4.38. The Morgan fingerprint density at radius 2 is 1.74 bits per heavy atom. The van der Waals surface area contributed by atoms with Gasteiger partial charge in [0, 0.05) is 31.4 Å². The summed E-state index contributed by atoms with van der Waals surface area (Å²) in [6.07, 6.45) is -2.17. The van der Waals surface area contributed by atoms with Crippen LogP contribution >= 0.6 is 0 Å². The highest BCUT2D eigenvalue weighted by atomic mass is 19.4. The molecule has 0 aliphatic rings. The van der Waals surface area contributed by atoms with Crippen molar-refractivity contribution in [3.63, 3.8) is 0 Å². The van der Waals surface area contributed by atoms with E-state index in [1.165, 1.54) is 12.1 Å². The summed E-state index contributed by atoms with van der Waals surface area (Å²) in [6.45, 7) is 1.83. The van der Waals surface area contributed by atoms with Crippen LogP contribution in [0.3, 0.4) is 0 Å². The van der Waals surface area contributed by atoms with Crippen LogP contribution in [0, 0.1) is 0 Å². The average molecular weight is 271 g/mol. The molecular weight excluding hydrogens is 255 g/mol. The molecule has 104 valence electrons. The maximum atomic E-state index is 12.4. The summed E-state index contributed by atoms with van der Waals surface area (Å²) in [7, 11) is 3.57. The van der Waals surface area contributed by atoms with Crippen LogP contribution in [0.25, 0.3) is 0 Å². The molecule has 5 heteroatoms. The fourth-order valence-electron chi connectivity index (χ4n) is 1.62. The lowest BCUT2D eigenvalue weighted by molar-refractivity contribution is -0.137. The molecule has 0 aliphatic heterocycles. The lowest BCUT2D eigenvalue weighted by Gasteiger charge is -2.11. The zero-order chi connectivity index (χ0) is 14.6. The predicted octanol–water partition coefficient (Wildman–Crippen LogP) is 3.74. The molecule has 0 amide bonds. The minimum atomic E-state index is -4.38. The first-order valence-electron chi connectivity index (χ1n) is 5.84. The third-order valence-corrected chi connectivity index (χ3v) is 2.56. The molecule has 2 nitrogen and oxygen atoms in total. The molecule has 0 aliphatic carbocycles. The number of nitrogens with zero attached hydrogens (tertiary/aromatic N) is 1. The monoisotopic (exact) mass is 271 g/mol. The van der Waals surface area contributed by atoms with Crippen molar-refractivity contribution in [1.82, 2.24) is 4.90 Å². The largest absolute Gasteiger partial charge is 0.416 e. The van der Waals surface area contributed by atoms with E-state index in [2.05, 4.69) is 0 Å². The second kappa shape index (κ2) is 5.91. The minimum absolute atomic E-state index is 0.245. The summed E-state index contributed by atoms with van der Waals surface area (Å²) in [5.74, 6) is -0.245. The first-order chi connectivity index (χ1) is 8.75. The number of benzene rings is 1. The quantitative estimate of drug-likeness (QED) is 0.614. The van der Waals surface area contributed by atoms with Crippen molar-refractivity contribution in [3.05, 3.63) is 47.2 Å². The first-order valence-corrected chi connectivity index (χ1v) is 5.84. The van der Waals surface area contributed by atoms with Crippen LogP contribution in [-0.4, -0.2) is 24.8 Å². The van der Waals surface area contributed by atoms with Gasteiger partial charge in [0.1, 0.15) is 0 Å². The standard InChI is InChI=1S/C14H16F3NO/c1-4-10(9-18(2)3)13(19)11-5-7-12(8-6-11)14(15,16)17/h5-9H,4H2,1-3H3. The number of carbonyl (C=O) groups excluding carboxylic acids is 1. The molecule has 0 fully saturated rings. The number of alkyl halides is 3. The Morgan fingerprint density at radius 1 is 1.21 bits per heavy atom. The predicted molar refractivity (Wildman–Crippen MR) is 67.8 cm³/mol. The van der Waals surface area contributed by atoms with Gasteiger partial charge in [0.25, 0.3) is 0 Å². The van der Waals surface area contributed by atoms with Gasteiger partial charge in [-0.15, -0.1) is 0 Å². The molecule has 0 unspecified atom stereocenters. The average Bonchev–Trinajstić information content (AvgIpc) is 2.34. The van der Waals surface area contributed by atoms with Crippen LogP contribution in [0.15, 0.2) is 36.0 Å². The number of hydrogen-bond donors (Lipinski definition) is 0. The highest BCUT2D eigenvalue weighted by Gasteiger charge is 2.30. The van der Waals surface area contributed by atoms with E-state index >= 15 is 0 Å². The van der Waals surface area contributed by atoms with Crippen molar-refractivity contribution >= 4 is 5.78 Å². The topological polar surface area (TPSA) is 20.3 Å². The number of allylic oxidation sites excluding steroid dienone is 1. The van der Waals surface area contributed by atoms with Gasteiger partial charge in [0.05, 0.1) is 5.56 Å². The molecule has 0 atom stereocenters. The van der Waals surface area contributed by atoms with Crippen LogP contribution in [0.2, 0.25) is 0 Å². The van der Waals surface area contributed by atoms with Crippen molar-refractivity contribution in [2.75, 3.05) is 14.1 Å². The van der Waals surface area contributed by atoms with Gasteiger partial charge in [-0.3, -0.25) is 4.79 Å². The number of hydrogen-bond acceptors (Lipinski definition) is 2. The van der Waals surface area contributed by atoms with Crippen LogP contribution in [0.4, 0.5) is 13.2 Å². The lowest BCUT2D eigenvalue weighted by atomic mass is 10.0. The van der Waals surface area contributed by atoms with Crippen molar-refractivity contribution in [3.8, 4) is 0 Å². The van der Waals surface area contributed by atoms with E-state index in [1.54, 1.807) is 25.2 Å². The molecule has 0 saturated heterocycles. The maximum absolute atomic E-state index is 12.4. The zero-order valence-corrected chi connectivity index (χ0v) is 11.1. The summed E-state index contributed by atoms with van der Waals surface area (Å²) in [6, 6.07) is 4.28. The summed E-state index contributed by atoms with van der Waals surface area (Å²) in [5.41, 5.74) is 0.0754. The molecule has 0 heterocycles. The van der Waals surface area contributed by atoms with E-state index in [4.69, 9.17) is 0 Å². The zero-order valence-electron chi connectivity index (χ0n) is 11.1. The maximum Gasteiger partial charge on any atom is 0.416 e. The summed E-state index contributed by atoms with van der Waals surface area (Å²) >= 11 is 0. The second-order valence-electron chi connectivity index (χ2n) is 4.38. The molecule has 0 saturated carbocycles. The molecular formula is C14H16F3NO. The van der Waals surface area contributed by atoms with Gasteiger partial charge < -0.3 is 4.90 Å². The Morgan fingerprint density at radius 3 is 2.11 bits per heavy atom. The van der Waals surface area contributed by atoms with E-state index in [-0.39, 0.29) is 11.3 Å². The molecule has 0 spiro atoms. The highest BCUT2D eigenvalue weighted by molar-refractivity contribution is 6.08. The Balaban J connectivity index is 3.01. The molecule has 19 heavy (non-hydrogen) atoms. The number of Topliss-reactive ketones (excluding diaryl/α,β-unsaturated/α-hetero) is 1. The van der Waals surface area contributed by atoms with Crippen LogP contribution in [0.1, 0.15) is 29.3 Å². The van der Waals surface area contributed by atoms with Gasteiger partial charge >= 0.3 is 6.18 Å². The fourth-order valence-corrected chi connectivity index (χ4v) is 1.62. The van der Waals surface area contributed by atoms with Gasteiger partial charge in [-0.05, 0) is 18.6 Å². The highest BCUT2D eigenvalue weighted by Crippen LogP contribution is 2.29. The van der Waals surface area contributed by atoms with Crippen molar-refractivity contribution in [2.24, 2.45) is 0 Å². The van der Waals surface area contributed by atoms with Gasteiger partial charge in [-0.2, -0.15) is 13.2 Å². The summed E-state index contributed by atoms with van der Waals surface area (Å²) < 4.78 is 37.2. The Hall–Kier alpha value is -1.78. The Kier molecular flexibility index (Phi) is 4.75. The van der Waals surface area contributed by atoms with Crippen molar-refractivity contribution in [2.45, 2.75) is 19.5 Å². The van der Waals surface area contributed by atoms with Gasteiger partial charge in [-0.25, -0.2) is 0 Å². The van der Waals surface area contributed by atoms with E-state index in [0.717, 1.165) is 12.1 Å². The minimum Gasteiger partial charge on any atom is -0.383 e. The van der Waals surface area contributed by atoms with Crippen LogP contribution < -0.4 is 0 Å². The molecule has 0 aromatic heterocycles. The van der Waals surface area contributed by atoms with E-state index in [1.807, 2.05) is 6.92 Å². The van der Waals surface area contributed by atoms with E-state index in [9.17, 15) is 18.0 Å². The molecule has 0 radical (unpaired) electrons. The summed E-state index contributed by atoms with van der Waals surface area (Å²) in [4.78, 5) is 13.8. The number of halogens is 3. The van der Waals surface area contributed by atoms with Crippen molar-refractivity contribution < 1.29 is 18.0 Å². The third kappa shape index (κ3) is 4.12. The molecule has 0 N–H and O–H groups in total. The lowest BCUT2D eigenvalue weighted by Crippen LogP contribution is -2.10. The van der Waals surface area contributed by atoms with Gasteiger partial charge in [0.15, 0.2) is 5.78 Å². The van der Waals surface area contributed by atoms with E-state index in [0.29, 0.717) is 12.0 Å². The first kappa shape index (κ1) is 15.3. The molecule has 1 aromatic carbocycles. The smallest absolute Gasteiger partial charge is 0.383 e. The fraction of sp³-hybridized carbons (Fsp3) is 0.357. The van der Waals surface area contributed by atoms with Crippen LogP contribution in [-0.2, 0) is 6.18 Å². The van der Waals surface area contributed by atoms with Gasteiger partial charge in [0.2, 0.25) is 0 Å². The molecule has 1 aromatic rings. The van der Waals surface area contributed by atoms with Crippen LogP contribution in [0.5, 0.6) is 0 Å². The van der Waals surface area contributed by atoms with E-state index < -0.39 is 11.7 Å². The molecule has 0 bridgehead atoms. The molecule has 1 rings (SSSR count). The number of carbonyl (C=O) groups is 1. The Labute approximate surface area is 110 Å². The normalized spacial score (nSPS) is 12.4. The number of ketones is 1.